The average molecular weight is 719 g/mol. The van der Waals surface area contributed by atoms with Gasteiger partial charge in [-0.3, -0.25) is 14.4 Å². The summed E-state index contributed by atoms with van der Waals surface area (Å²) in [5.41, 5.74) is 11.9. The summed E-state index contributed by atoms with van der Waals surface area (Å²) in [7, 11) is 0. The lowest BCUT2D eigenvalue weighted by molar-refractivity contribution is -0.137. The molecule has 288 valence electrons. The molecule has 1 heterocycles. The Labute approximate surface area is 312 Å². The highest BCUT2D eigenvalue weighted by atomic mass is 16.2. The molecule has 6 N–H and O–H groups in total. The van der Waals surface area contributed by atoms with Gasteiger partial charge in [-0.05, 0) is 93.1 Å². The first-order valence-electron chi connectivity index (χ1n) is 19.0. The van der Waals surface area contributed by atoms with Crippen LogP contribution in [-0.4, -0.2) is 64.8 Å². The lowest BCUT2D eigenvalue weighted by Gasteiger charge is -2.40. The molecule has 1 fully saturated rings. The van der Waals surface area contributed by atoms with Gasteiger partial charge >= 0.3 is 6.03 Å². The van der Waals surface area contributed by atoms with Gasteiger partial charge in [0.2, 0.25) is 11.7 Å². The number of carbonyl (C=O) groups is 4. The van der Waals surface area contributed by atoms with Gasteiger partial charge in [-0.1, -0.05) is 85.9 Å². The van der Waals surface area contributed by atoms with Crippen LogP contribution >= 0.6 is 0 Å². The fourth-order valence-corrected chi connectivity index (χ4v) is 7.41. The van der Waals surface area contributed by atoms with Gasteiger partial charge in [-0.2, -0.15) is 0 Å². The number of nitrogens with zero attached hydrogens (tertiary/aromatic N) is 1. The Kier molecular flexibility index (Phi) is 14.4. The molecule has 10 heteroatoms. The standard InChI is InChI=1S/C42H66N6O4/c1-25(2)19-33(38(50)39(43)51)44-27(5)34-23-32(26(3)4)24-48(34)28(6)37(31-21-29-15-13-14-16-30(20-29)22-31)46-40(52)45-35(41(7,8)9)17-18-36(49)47-42(10,11)12/h13-16,25-26,31-35,37,44H,5-6,17-19,21-24H2,1-4,7-12H3,(H2,43,51)(H,47,49)(H2,45,46,52)/t32-,33?,34?,35?,37?/m1/s1. The summed E-state index contributed by atoms with van der Waals surface area (Å²) in [6.45, 7) is 30.2. The number of primary amides is 1. The fourth-order valence-electron chi connectivity index (χ4n) is 7.41. The highest BCUT2D eigenvalue weighted by Crippen LogP contribution is 2.39. The van der Waals surface area contributed by atoms with Gasteiger partial charge in [-0.25, -0.2) is 4.79 Å². The molecule has 2 bridgehead atoms. The van der Waals surface area contributed by atoms with Crippen LogP contribution in [0.3, 0.4) is 0 Å². The number of amides is 4. The minimum absolute atomic E-state index is 0.00680. The molecule has 3 rings (SSSR count). The van der Waals surface area contributed by atoms with E-state index in [1.165, 1.54) is 0 Å². The predicted octanol–water partition coefficient (Wildman–Crippen LogP) is 6.18. The van der Waals surface area contributed by atoms with Crippen molar-refractivity contribution in [3.8, 4) is 0 Å². The Morgan fingerprint density at radius 3 is 2.02 bits per heavy atom. The van der Waals surface area contributed by atoms with Gasteiger partial charge in [0.15, 0.2) is 0 Å². The Morgan fingerprint density at radius 2 is 1.52 bits per heavy atom. The molecule has 1 saturated heterocycles. The van der Waals surface area contributed by atoms with E-state index in [4.69, 9.17) is 5.73 Å². The van der Waals surface area contributed by atoms with Crippen LogP contribution in [-0.2, 0) is 14.4 Å². The van der Waals surface area contributed by atoms with Crippen LogP contribution in [0.5, 0.6) is 0 Å². The maximum atomic E-state index is 14.1. The molecule has 0 aromatic heterocycles. The van der Waals surface area contributed by atoms with Crippen LogP contribution in [0.1, 0.15) is 108 Å². The number of carbonyl (C=O) groups excluding carboxylic acids is 4. The molecular formula is C42H66N6O4. The molecule has 4 amide bonds. The summed E-state index contributed by atoms with van der Waals surface area (Å²) < 4.78 is 0. The minimum atomic E-state index is -0.970. The van der Waals surface area contributed by atoms with E-state index in [9.17, 15) is 19.2 Å². The predicted molar refractivity (Wildman–Crippen MR) is 210 cm³/mol. The Balaban J connectivity index is 1.93. The van der Waals surface area contributed by atoms with Crippen molar-refractivity contribution < 1.29 is 19.2 Å². The molecule has 0 aromatic rings. The van der Waals surface area contributed by atoms with E-state index in [0.717, 1.165) is 23.3 Å². The maximum absolute atomic E-state index is 14.1. The summed E-state index contributed by atoms with van der Waals surface area (Å²) in [6.07, 6.45) is 11.6. The number of nitrogens with one attached hydrogen (secondary N) is 4. The van der Waals surface area contributed by atoms with Gasteiger partial charge in [0, 0.05) is 35.9 Å². The Bertz CT molecular complexity index is 1470. The van der Waals surface area contributed by atoms with Crippen molar-refractivity contribution in [2.45, 2.75) is 137 Å². The smallest absolute Gasteiger partial charge is 0.315 e. The quantitative estimate of drug-likeness (QED) is 0.0952. The lowest BCUT2D eigenvalue weighted by Crippen LogP contribution is -2.55. The molecule has 5 atom stereocenters. The molecule has 4 unspecified atom stereocenters. The molecule has 52 heavy (non-hydrogen) atoms. The number of rotatable bonds is 16. The molecule has 0 radical (unpaired) electrons. The summed E-state index contributed by atoms with van der Waals surface area (Å²) in [5, 5.41) is 12.9. The van der Waals surface area contributed by atoms with Crippen LogP contribution < -0.4 is 27.0 Å². The summed E-state index contributed by atoms with van der Waals surface area (Å²) in [5.74, 6) is -0.871. The Morgan fingerprint density at radius 1 is 0.923 bits per heavy atom. The van der Waals surface area contributed by atoms with Crippen molar-refractivity contribution in [3.63, 3.8) is 0 Å². The zero-order valence-electron chi connectivity index (χ0n) is 33.4. The number of hydrogen-bond acceptors (Lipinski definition) is 6. The van der Waals surface area contributed by atoms with Crippen LogP contribution in [0.4, 0.5) is 4.79 Å². The normalized spacial score (nSPS) is 20.7. The highest BCUT2D eigenvalue weighted by Gasteiger charge is 2.41. The van der Waals surface area contributed by atoms with Gasteiger partial charge in [0.1, 0.15) is 0 Å². The van der Waals surface area contributed by atoms with E-state index in [1.807, 2.05) is 46.8 Å². The third-order valence-electron chi connectivity index (χ3n) is 10.3. The monoisotopic (exact) mass is 719 g/mol. The number of allylic oxidation sites excluding steroid dienone is 5. The molecule has 2 aliphatic carbocycles. The molecule has 0 spiro atoms. The van der Waals surface area contributed by atoms with E-state index in [2.05, 4.69) is 91.8 Å². The lowest BCUT2D eigenvalue weighted by atomic mass is 9.81. The van der Waals surface area contributed by atoms with Crippen molar-refractivity contribution in [1.82, 2.24) is 26.2 Å². The van der Waals surface area contributed by atoms with Crippen molar-refractivity contribution in [1.29, 1.82) is 0 Å². The molecule has 3 aliphatic rings. The molecule has 0 saturated carbocycles. The second-order valence-corrected chi connectivity index (χ2v) is 17.9. The van der Waals surface area contributed by atoms with E-state index < -0.39 is 23.8 Å². The second kappa shape index (κ2) is 17.7. The largest absolute Gasteiger partial charge is 0.377 e. The summed E-state index contributed by atoms with van der Waals surface area (Å²) in [4.78, 5) is 53.9. The second-order valence-electron chi connectivity index (χ2n) is 17.9. The zero-order valence-corrected chi connectivity index (χ0v) is 33.4. The van der Waals surface area contributed by atoms with Crippen molar-refractivity contribution in [2.75, 3.05) is 6.54 Å². The first kappa shape index (κ1) is 42.4. The van der Waals surface area contributed by atoms with Crippen molar-refractivity contribution in [3.05, 3.63) is 65.7 Å². The van der Waals surface area contributed by atoms with Gasteiger partial charge < -0.3 is 31.9 Å². The first-order chi connectivity index (χ1) is 24.0. The molecule has 1 aliphatic heterocycles. The number of Topliss-reactive ketones (excluding diaryl/α,β-unsaturated/α-hetero) is 1. The summed E-state index contributed by atoms with van der Waals surface area (Å²) >= 11 is 0. The number of ketones is 1. The summed E-state index contributed by atoms with van der Waals surface area (Å²) in [6, 6.07) is -2.04. The number of hydrogen-bond donors (Lipinski definition) is 5. The number of likely N-dealkylation sites (tertiary alicyclic amines) is 1. The van der Waals surface area contributed by atoms with Crippen LogP contribution in [0.25, 0.3) is 0 Å². The van der Waals surface area contributed by atoms with Crippen LogP contribution in [0.2, 0.25) is 0 Å². The van der Waals surface area contributed by atoms with Gasteiger partial charge in [-0.15, -0.1) is 5.73 Å². The molecule has 0 aromatic carbocycles. The topological polar surface area (TPSA) is 146 Å². The molecule has 10 nitrogen and oxygen atoms in total. The number of nitrogens with two attached hydrogens (primary N) is 1. The third kappa shape index (κ3) is 12.3. The van der Waals surface area contributed by atoms with E-state index >= 15 is 0 Å². The van der Waals surface area contributed by atoms with Crippen molar-refractivity contribution in [2.24, 2.45) is 34.8 Å². The Hall–Kier alpha value is -4.04. The van der Waals surface area contributed by atoms with Gasteiger partial charge in [0.05, 0.1) is 18.1 Å². The highest BCUT2D eigenvalue weighted by molar-refractivity contribution is 6.37. The van der Waals surface area contributed by atoms with E-state index in [-0.39, 0.29) is 53.2 Å². The molecular weight excluding hydrogens is 652 g/mol. The minimum Gasteiger partial charge on any atom is -0.377 e. The maximum Gasteiger partial charge on any atom is 0.315 e. The zero-order chi connectivity index (χ0) is 39.1. The van der Waals surface area contributed by atoms with E-state index in [1.54, 1.807) is 0 Å². The average Bonchev–Trinajstić information content (AvgIpc) is 3.40. The van der Waals surface area contributed by atoms with E-state index in [0.29, 0.717) is 49.8 Å². The SMILES string of the molecule is C=C(NC(CC(C)C)C(=O)C(N)=O)C1C[C@@H](C(C)C)CN1C(=C)C(NC(=O)NC(CCC(=O)NC(C)(C)C)C(C)(C)C)C1CC2=C=C(C=CC=C2)C1. The third-order valence-corrected chi connectivity index (χ3v) is 10.3. The van der Waals surface area contributed by atoms with Crippen LogP contribution in [0, 0.1) is 29.1 Å². The van der Waals surface area contributed by atoms with Crippen LogP contribution in [0.15, 0.2) is 65.7 Å². The first-order valence-corrected chi connectivity index (χ1v) is 19.0. The van der Waals surface area contributed by atoms with Crippen molar-refractivity contribution >= 4 is 23.6 Å². The number of urea groups is 1. The van der Waals surface area contributed by atoms with Gasteiger partial charge in [0.25, 0.3) is 5.91 Å². The fraction of sp³-hybridized carbons (Fsp3) is 0.643.